The number of anilines is 1. The minimum absolute atomic E-state index is 0.151. The van der Waals surface area contributed by atoms with Gasteiger partial charge >= 0.3 is 6.01 Å². The van der Waals surface area contributed by atoms with Crippen LogP contribution in [0.15, 0.2) is 22.3 Å². The maximum absolute atomic E-state index is 5.67. The first-order valence-corrected chi connectivity index (χ1v) is 7.16. The van der Waals surface area contributed by atoms with E-state index in [2.05, 4.69) is 19.9 Å². The number of aromatic nitrogens is 4. The Morgan fingerprint density at radius 3 is 2.65 bits per heavy atom. The van der Waals surface area contributed by atoms with Gasteiger partial charge in [-0.25, -0.2) is 4.98 Å². The summed E-state index contributed by atoms with van der Waals surface area (Å²) in [5.74, 6) is 0.151. The minimum atomic E-state index is 0.151. The third-order valence-corrected chi connectivity index (χ3v) is 3.10. The zero-order chi connectivity index (χ0) is 14.5. The average molecular weight is 291 g/mol. The Morgan fingerprint density at radius 2 is 1.95 bits per heavy atom. The molecule has 2 aromatic heterocycles. The van der Waals surface area contributed by atoms with Gasteiger partial charge in [-0.2, -0.15) is 15.0 Å². The number of rotatable bonds is 5. The molecular weight excluding hydrogens is 274 g/mol. The van der Waals surface area contributed by atoms with Crippen molar-refractivity contribution < 1.29 is 4.74 Å². The molecular formula is C13H17N5OS. The maximum Gasteiger partial charge on any atom is 0.322 e. The fourth-order valence-electron chi connectivity index (χ4n) is 1.61. The highest BCUT2D eigenvalue weighted by molar-refractivity contribution is 7.99. The second-order valence-corrected chi connectivity index (χ2v) is 5.32. The normalized spacial score (nSPS) is 10.6. The lowest BCUT2D eigenvalue weighted by atomic mass is 10.3. The highest BCUT2D eigenvalue weighted by Crippen LogP contribution is 2.25. The van der Waals surface area contributed by atoms with E-state index in [1.54, 1.807) is 0 Å². The van der Waals surface area contributed by atoms with Crippen LogP contribution in [-0.4, -0.2) is 26.5 Å². The molecule has 0 aliphatic carbocycles. The predicted octanol–water partition coefficient (Wildman–Crippen LogP) is 2.41. The Labute approximate surface area is 122 Å². The molecule has 0 spiro atoms. The summed E-state index contributed by atoms with van der Waals surface area (Å²) in [5, 5.41) is 1.32. The molecule has 0 aliphatic rings. The summed E-state index contributed by atoms with van der Waals surface area (Å²) < 4.78 is 5.39. The Hall–Kier alpha value is -1.89. The van der Waals surface area contributed by atoms with Crippen LogP contribution in [0.5, 0.6) is 6.01 Å². The highest BCUT2D eigenvalue weighted by Gasteiger charge is 2.08. The molecule has 0 unspecified atom stereocenters. The molecule has 7 heteroatoms. The van der Waals surface area contributed by atoms with Crippen LogP contribution >= 0.6 is 11.8 Å². The highest BCUT2D eigenvalue weighted by atomic mass is 32.2. The number of ether oxygens (including phenoxy) is 1. The van der Waals surface area contributed by atoms with Gasteiger partial charge in [0.1, 0.15) is 5.03 Å². The van der Waals surface area contributed by atoms with Crippen molar-refractivity contribution in [3.63, 3.8) is 0 Å². The molecule has 2 aromatic rings. The molecule has 0 radical (unpaired) electrons. The summed E-state index contributed by atoms with van der Waals surface area (Å²) in [5.41, 5.74) is 7.77. The molecule has 2 N–H and O–H groups in total. The zero-order valence-corrected chi connectivity index (χ0v) is 12.6. The molecule has 6 nitrogen and oxygen atoms in total. The molecule has 0 aliphatic heterocycles. The van der Waals surface area contributed by atoms with Crippen molar-refractivity contribution in [2.24, 2.45) is 0 Å². The van der Waals surface area contributed by atoms with Gasteiger partial charge in [-0.3, -0.25) is 0 Å². The molecule has 0 amide bonds. The standard InChI is InChI=1S/C13H17N5OS/c1-4-5-19-12-16-11(14)17-13(18-12)20-10-7-8(2)6-9(3)15-10/h6-7H,4-5H2,1-3H3,(H2,14,16,17,18). The first kappa shape index (κ1) is 14.5. The minimum Gasteiger partial charge on any atom is -0.463 e. The molecule has 0 saturated carbocycles. The number of hydrogen-bond acceptors (Lipinski definition) is 7. The summed E-state index contributed by atoms with van der Waals surface area (Å²) in [6, 6.07) is 4.25. The SMILES string of the molecule is CCCOc1nc(N)nc(Sc2cc(C)cc(C)n2)n1. The number of pyridine rings is 1. The molecule has 0 saturated heterocycles. The van der Waals surface area contributed by atoms with Crippen molar-refractivity contribution in [2.45, 2.75) is 37.4 Å². The summed E-state index contributed by atoms with van der Waals surface area (Å²) >= 11 is 1.34. The molecule has 0 fully saturated rings. The van der Waals surface area contributed by atoms with Crippen molar-refractivity contribution in [2.75, 3.05) is 12.3 Å². The predicted molar refractivity (Wildman–Crippen MR) is 77.9 cm³/mol. The average Bonchev–Trinajstić information content (AvgIpc) is 2.34. The van der Waals surface area contributed by atoms with Gasteiger partial charge in [-0.05, 0) is 49.7 Å². The molecule has 0 aromatic carbocycles. The number of aryl methyl sites for hydroxylation is 2. The zero-order valence-electron chi connectivity index (χ0n) is 11.8. The van der Waals surface area contributed by atoms with Crippen LogP contribution in [0.2, 0.25) is 0 Å². The summed E-state index contributed by atoms with van der Waals surface area (Å²) in [7, 11) is 0. The Kier molecular flexibility index (Phi) is 4.73. The molecule has 2 rings (SSSR count). The van der Waals surface area contributed by atoms with Gasteiger partial charge in [-0.1, -0.05) is 6.92 Å². The van der Waals surface area contributed by atoms with Crippen LogP contribution in [0.1, 0.15) is 24.6 Å². The second-order valence-electron chi connectivity index (χ2n) is 4.33. The second kappa shape index (κ2) is 6.51. The lowest BCUT2D eigenvalue weighted by molar-refractivity contribution is 0.288. The third kappa shape index (κ3) is 4.06. The van der Waals surface area contributed by atoms with E-state index >= 15 is 0 Å². The summed E-state index contributed by atoms with van der Waals surface area (Å²) in [6.07, 6.45) is 0.882. The topological polar surface area (TPSA) is 86.8 Å². The maximum atomic E-state index is 5.67. The summed E-state index contributed by atoms with van der Waals surface area (Å²) in [6.45, 7) is 6.54. The van der Waals surface area contributed by atoms with Crippen LogP contribution in [0.25, 0.3) is 0 Å². The van der Waals surface area contributed by atoms with E-state index in [-0.39, 0.29) is 12.0 Å². The van der Waals surface area contributed by atoms with Gasteiger partial charge in [0, 0.05) is 5.69 Å². The van der Waals surface area contributed by atoms with E-state index in [0.717, 1.165) is 22.7 Å². The van der Waals surface area contributed by atoms with Crippen molar-refractivity contribution in [3.8, 4) is 6.01 Å². The smallest absolute Gasteiger partial charge is 0.322 e. The largest absolute Gasteiger partial charge is 0.463 e. The van der Waals surface area contributed by atoms with Crippen LogP contribution in [0.3, 0.4) is 0 Å². The van der Waals surface area contributed by atoms with Crippen molar-refractivity contribution in [1.29, 1.82) is 0 Å². The fourth-order valence-corrected chi connectivity index (χ4v) is 2.49. The molecule has 20 heavy (non-hydrogen) atoms. The van der Waals surface area contributed by atoms with Gasteiger partial charge < -0.3 is 10.5 Å². The molecule has 0 atom stereocenters. The lowest BCUT2D eigenvalue weighted by Gasteiger charge is -2.06. The van der Waals surface area contributed by atoms with Crippen LogP contribution in [0, 0.1) is 13.8 Å². The van der Waals surface area contributed by atoms with Crippen LogP contribution < -0.4 is 10.5 Å². The molecule has 2 heterocycles. The first-order valence-electron chi connectivity index (χ1n) is 6.34. The monoisotopic (exact) mass is 291 g/mol. The Morgan fingerprint density at radius 1 is 1.15 bits per heavy atom. The van der Waals surface area contributed by atoms with E-state index in [9.17, 15) is 0 Å². The van der Waals surface area contributed by atoms with Gasteiger partial charge in [0.25, 0.3) is 0 Å². The summed E-state index contributed by atoms with van der Waals surface area (Å²) in [4.78, 5) is 16.7. The van der Waals surface area contributed by atoms with E-state index in [1.165, 1.54) is 11.8 Å². The Balaban J connectivity index is 2.21. The van der Waals surface area contributed by atoms with Crippen LogP contribution in [-0.2, 0) is 0 Å². The molecule has 106 valence electrons. The van der Waals surface area contributed by atoms with Crippen molar-refractivity contribution in [1.82, 2.24) is 19.9 Å². The number of hydrogen-bond donors (Lipinski definition) is 1. The van der Waals surface area contributed by atoms with Crippen LogP contribution in [0.4, 0.5) is 5.95 Å². The van der Waals surface area contributed by atoms with E-state index in [4.69, 9.17) is 10.5 Å². The number of nitrogen functional groups attached to an aromatic ring is 1. The first-order chi connectivity index (χ1) is 9.56. The van der Waals surface area contributed by atoms with E-state index in [0.29, 0.717) is 11.8 Å². The van der Waals surface area contributed by atoms with E-state index < -0.39 is 0 Å². The van der Waals surface area contributed by atoms with Crippen molar-refractivity contribution in [3.05, 3.63) is 23.4 Å². The third-order valence-electron chi connectivity index (χ3n) is 2.32. The van der Waals surface area contributed by atoms with Gasteiger partial charge in [0.05, 0.1) is 6.61 Å². The molecule has 0 bridgehead atoms. The fraction of sp³-hybridized carbons (Fsp3) is 0.385. The number of nitrogens with two attached hydrogens (primary N) is 1. The van der Waals surface area contributed by atoms with E-state index in [1.807, 2.05) is 32.9 Å². The van der Waals surface area contributed by atoms with Gasteiger partial charge in [-0.15, -0.1) is 0 Å². The quantitative estimate of drug-likeness (QED) is 0.905. The van der Waals surface area contributed by atoms with Gasteiger partial charge in [0.15, 0.2) is 0 Å². The number of nitrogens with zero attached hydrogens (tertiary/aromatic N) is 4. The van der Waals surface area contributed by atoms with Gasteiger partial charge in [0.2, 0.25) is 11.1 Å². The van der Waals surface area contributed by atoms with Crippen molar-refractivity contribution >= 4 is 17.7 Å². The Bertz CT molecular complexity index is 585. The lowest BCUT2D eigenvalue weighted by Crippen LogP contribution is -2.05.